The first-order chi connectivity index (χ1) is 14.8. The van der Waals surface area contributed by atoms with Gasteiger partial charge in [-0.15, -0.1) is 0 Å². The molecule has 162 valence electrons. The molecule has 0 fully saturated rings. The molecule has 0 saturated carbocycles. The van der Waals surface area contributed by atoms with Crippen molar-refractivity contribution in [2.45, 2.75) is 25.8 Å². The first kappa shape index (κ1) is 22.5. The van der Waals surface area contributed by atoms with E-state index in [-0.39, 0.29) is 5.91 Å². The van der Waals surface area contributed by atoms with E-state index in [2.05, 4.69) is 10.6 Å². The minimum Gasteiger partial charge on any atom is -0.394 e. The van der Waals surface area contributed by atoms with Gasteiger partial charge in [-0.25, -0.2) is 0 Å². The van der Waals surface area contributed by atoms with Gasteiger partial charge in [-0.2, -0.15) is 0 Å². The van der Waals surface area contributed by atoms with E-state index in [1.807, 2.05) is 19.1 Å². The largest absolute Gasteiger partial charge is 0.394 e. The summed E-state index contributed by atoms with van der Waals surface area (Å²) in [5.41, 5.74) is 1.78. The number of amides is 2. The number of pyridine rings is 1. The van der Waals surface area contributed by atoms with Crippen molar-refractivity contribution in [1.82, 2.24) is 9.88 Å². The van der Waals surface area contributed by atoms with E-state index in [0.29, 0.717) is 21.5 Å². The fourth-order valence-electron chi connectivity index (χ4n) is 3.44. The molecule has 1 aromatic heterocycles. The Balaban J connectivity index is 1.95. The lowest BCUT2D eigenvalue weighted by molar-refractivity contribution is -0.125. The second kappa shape index (κ2) is 9.32. The van der Waals surface area contributed by atoms with Gasteiger partial charge in [0.25, 0.3) is 5.56 Å². The number of nitrogens with zero attached hydrogens (tertiary/aromatic N) is 1. The molecule has 7 nitrogen and oxygen atoms in total. The average Bonchev–Trinajstić information content (AvgIpc) is 2.77. The lowest BCUT2D eigenvalue weighted by Gasteiger charge is -2.18. The highest BCUT2D eigenvalue weighted by Crippen LogP contribution is 2.26. The molecule has 2 aromatic carbocycles. The molecular formula is C23H24ClN3O4. The summed E-state index contributed by atoms with van der Waals surface area (Å²) in [6.45, 7) is 3.16. The first-order valence-corrected chi connectivity index (χ1v) is 10.2. The summed E-state index contributed by atoms with van der Waals surface area (Å²) in [5, 5.41) is 16.4. The monoisotopic (exact) mass is 441 g/mol. The molecular weight excluding hydrogens is 418 g/mol. The van der Waals surface area contributed by atoms with Gasteiger partial charge in [-0.05, 0) is 49.2 Å². The number of aryl methyl sites for hydroxylation is 1. The first-order valence-electron chi connectivity index (χ1n) is 9.81. The van der Waals surface area contributed by atoms with Crippen molar-refractivity contribution >= 4 is 39.9 Å². The zero-order valence-corrected chi connectivity index (χ0v) is 18.2. The van der Waals surface area contributed by atoms with Gasteiger partial charge in [0.2, 0.25) is 11.8 Å². The van der Waals surface area contributed by atoms with Gasteiger partial charge in [0, 0.05) is 34.7 Å². The molecule has 3 N–H and O–H groups in total. The van der Waals surface area contributed by atoms with Crippen molar-refractivity contribution < 1.29 is 14.7 Å². The zero-order valence-electron chi connectivity index (χ0n) is 17.5. The third-order valence-corrected chi connectivity index (χ3v) is 5.79. The lowest BCUT2D eigenvalue weighted by Crippen LogP contribution is -2.37. The van der Waals surface area contributed by atoms with Gasteiger partial charge in [-0.3, -0.25) is 14.4 Å². The minimum atomic E-state index is -1.03. The number of benzene rings is 2. The van der Waals surface area contributed by atoms with Gasteiger partial charge in [-0.1, -0.05) is 29.8 Å². The fourth-order valence-corrected chi connectivity index (χ4v) is 3.56. The van der Waals surface area contributed by atoms with E-state index in [1.54, 1.807) is 37.3 Å². The van der Waals surface area contributed by atoms with Gasteiger partial charge in [0.15, 0.2) is 0 Å². The van der Waals surface area contributed by atoms with Crippen LogP contribution in [0.15, 0.2) is 53.5 Å². The Hall–Kier alpha value is -3.16. The number of aliphatic hydroxyl groups excluding tert-OH is 1. The molecule has 0 spiro atoms. The second-order valence-electron chi connectivity index (χ2n) is 7.33. The second-order valence-corrected chi connectivity index (χ2v) is 7.73. The molecule has 0 aliphatic heterocycles. The molecule has 2 amide bonds. The van der Waals surface area contributed by atoms with Crippen LogP contribution in [0.2, 0.25) is 5.02 Å². The third kappa shape index (κ3) is 4.47. The maximum Gasteiger partial charge on any atom is 0.259 e. The van der Waals surface area contributed by atoms with Gasteiger partial charge < -0.3 is 20.3 Å². The molecule has 1 unspecified atom stereocenters. The Morgan fingerprint density at radius 1 is 1.13 bits per heavy atom. The summed E-state index contributed by atoms with van der Waals surface area (Å²) in [5.74, 6) is -1.13. The van der Waals surface area contributed by atoms with E-state index in [4.69, 9.17) is 11.6 Å². The third-order valence-electron chi connectivity index (χ3n) is 5.36. The number of nitrogens with one attached hydrogen (secondary N) is 2. The summed E-state index contributed by atoms with van der Waals surface area (Å²) in [4.78, 5) is 37.8. The van der Waals surface area contributed by atoms with Crippen LogP contribution in [0.4, 0.5) is 5.69 Å². The quantitative estimate of drug-likeness (QED) is 0.547. The number of hydrogen-bond donors (Lipinski definition) is 3. The molecule has 3 rings (SSSR count). The van der Waals surface area contributed by atoms with Crippen molar-refractivity contribution in [3.8, 4) is 0 Å². The number of carbonyl (C=O) groups is 2. The summed E-state index contributed by atoms with van der Waals surface area (Å²) >= 11 is 6.08. The number of fused-ring (bicyclic) bond motifs is 1. The Kier molecular flexibility index (Phi) is 6.77. The molecule has 0 radical (unpaired) electrons. The maximum absolute atomic E-state index is 13.0. The molecule has 8 heteroatoms. The number of hydrogen-bond acceptors (Lipinski definition) is 4. The Bertz CT molecular complexity index is 1210. The number of anilines is 1. The topological polar surface area (TPSA) is 100 Å². The van der Waals surface area contributed by atoms with Gasteiger partial charge in [0.05, 0.1) is 12.5 Å². The van der Waals surface area contributed by atoms with Crippen LogP contribution in [-0.4, -0.2) is 35.1 Å². The lowest BCUT2D eigenvalue weighted by atomic mass is 9.98. The van der Waals surface area contributed by atoms with Crippen molar-refractivity contribution in [1.29, 1.82) is 0 Å². The Morgan fingerprint density at radius 3 is 2.52 bits per heavy atom. The smallest absolute Gasteiger partial charge is 0.259 e. The van der Waals surface area contributed by atoms with Crippen molar-refractivity contribution in [3.63, 3.8) is 0 Å². The number of aliphatic hydroxyl groups is 1. The van der Waals surface area contributed by atoms with Gasteiger partial charge >= 0.3 is 0 Å². The molecule has 3 aromatic rings. The van der Waals surface area contributed by atoms with Crippen LogP contribution >= 0.6 is 11.6 Å². The van der Waals surface area contributed by atoms with E-state index in [1.165, 1.54) is 17.8 Å². The predicted octanol–water partition coefficient (Wildman–Crippen LogP) is 2.98. The highest BCUT2D eigenvalue weighted by Gasteiger charge is 2.21. The van der Waals surface area contributed by atoms with Crippen molar-refractivity contribution in [3.05, 3.63) is 75.2 Å². The average molecular weight is 442 g/mol. The molecule has 1 heterocycles. The molecule has 0 saturated heterocycles. The summed E-state index contributed by atoms with van der Waals surface area (Å²) in [6, 6.07) is 11.1. The normalized spacial score (nSPS) is 12.9. The SMILES string of the molecule is CNC(=O)[C@@H](CO)n1ccc2c(NC(=O)C(C)c3ccc(Cl)c(C)c3)cccc2c1=O. The summed E-state index contributed by atoms with van der Waals surface area (Å²) < 4.78 is 1.19. The zero-order chi connectivity index (χ0) is 22.7. The highest BCUT2D eigenvalue weighted by atomic mass is 35.5. The number of rotatable bonds is 6. The molecule has 0 aliphatic rings. The number of carbonyl (C=O) groups excluding carboxylic acids is 2. The summed E-state index contributed by atoms with van der Waals surface area (Å²) in [6.07, 6.45) is 1.45. The van der Waals surface area contributed by atoms with Crippen LogP contribution < -0.4 is 16.2 Å². The molecule has 31 heavy (non-hydrogen) atoms. The van der Waals surface area contributed by atoms with E-state index >= 15 is 0 Å². The maximum atomic E-state index is 13.0. The number of aromatic nitrogens is 1. The van der Waals surface area contributed by atoms with Crippen molar-refractivity contribution in [2.24, 2.45) is 0 Å². The minimum absolute atomic E-state index is 0.225. The van der Waals surface area contributed by atoms with Crippen LogP contribution in [-0.2, 0) is 9.59 Å². The number of likely N-dealkylation sites (N-methyl/N-ethyl adjacent to an activating group) is 1. The van der Waals surface area contributed by atoms with Gasteiger partial charge in [0.1, 0.15) is 6.04 Å². The molecule has 2 atom stereocenters. The van der Waals surface area contributed by atoms with Crippen LogP contribution in [0.5, 0.6) is 0 Å². The van der Waals surface area contributed by atoms with Crippen molar-refractivity contribution in [2.75, 3.05) is 19.0 Å². The Labute approximate surface area is 184 Å². The number of halogens is 1. The van der Waals surface area contributed by atoms with E-state index in [9.17, 15) is 19.5 Å². The summed E-state index contributed by atoms with van der Waals surface area (Å²) in [7, 11) is 1.44. The predicted molar refractivity (Wildman–Crippen MR) is 122 cm³/mol. The Morgan fingerprint density at radius 2 is 1.87 bits per heavy atom. The molecule has 0 bridgehead atoms. The van der Waals surface area contributed by atoms with Crippen LogP contribution in [0.1, 0.15) is 30.0 Å². The van der Waals surface area contributed by atoms with Crippen LogP contribution in [0, 0.1) is 6.92 Å². The molecule has 0 aliphatic carbocycles. The van der Waals surface area contributed by atoms with Crippen LogP contribution in [0.25, 0.3) is 10.8 Å². The standard InChI is InChI=1S/C23H24ClN3O4/c1-13-11-15(7-8-18(13)24)14(2)21(29)26-19-6-4-5-17-16(19)9-10-27(23(17)31)20(12-28)22(30)25-3/h4-11,14,20,28H,12H2,1-3H3,(H,25,30)(H,26,29)/t14?,20-/m1/s1. The fraction of sp³-hybridized carbons (Fsp3) is 0.261. The van der Waals surface area contributed by atoms with E-state index < -0.39 is 30.0 Å². The van der Waals surface area contributed by atoms with Crippen LogP contribution in [0.3, 0.4) is 0 Å². The highest BCUT2D eigenvalue weighted by molar-refractivity contribution is 6.31. The van der Waals surface area contributed by atoms with E-state index in [0.717, 1.165) is 11.1 Å².